The quantitative estimate of drug-likeness (QED) is 0.238. The predicted molar refractivity (Wildman–Crippen MR) is 144 cm³/mol. The Morgan fingerprint density at radius 2 is 1.00 bits per heavy atom. The first kappa shape index (κ1) is 24.9. The van der Waals surface area contributed by atoms with Crippen LogP contribution >= 0.6 is 0 Å². The van der Waals surface area contributed by atoms with Crippen LogP contribution < -0.4 is 0 Å². The number of aryl methyl sites for hydroxylation is 1. The smallest absolute Gasteiger partial charge is 0.0761 e. The molecule has 0 radical (unpaired) electrons. The Hall–Kier alpha value is -3.20. The molecule has 0 aliphatic carbocycles. The summed E-state index contributed by atoms with van der Waals surface area (Å²) in [4.78, 5) is 0. The summed E-state index contributed by atoms with van der Waals surface area (Å²) < 4.78 is 6.76. The van der Waals surface area contributed by atoms with Crippen LogP contribution in [0.15, 0.2) is 121 Å². The van der Waals surface area contributed by atoms with Gasteiger partial charge in [0.15, 0.2) is 0 Å². The minimum absolute atomic E-state index is 0.0191. The molecule has 1 N–H and O–H groups in total. The van der Waals surface area contributed by atoms with Crippen LogP contribution in [0.3, 0.4) is 0 Å². The van der Waals surface area contributed by atoms with Crippen molar-refractivity contribution < 1.29 is 9.84 Å². The number of rotatable bonds is 13. The summed E-state index contributed by atoms with van der Waals surface area (Å²) in [5.41, 5.74) is 4.79. The zero-order valence-electron chi connectivity index (χ0n) is 20.4. The maximum atomic E-state index is 9.82. The van der Waals surface area contributed by atoms with Crippen molar-refractivity contribution in [3.63, 3.8) is 0 Å². The van der Waals surface area contributed by atoms with E-state index in [4.69, 9.17) is 4.74 Å². The van der Waals surface area contributed by atoms with Gasteiger partial charge in [0.1, 0.15) is 0 Å². The van der Waals surface area contributed by atoms with Gasteiger partial charge in [-0.15, -0.1) is 0 Å². The molecule has 4 aromatic rings. The van der Waals surface area contributed by atoms with E-state index in [9.17, 15) is 5.11 Å². The van der Waals surface area contributed by atoms with E-state index < -0.39 is 5.60 Å². The van der Waals surface area contributed by atoms with E-state index >= 15 is 0 Å². The number of hydrogen-bond donors (Lipinski definition) is 1. The minimum atomic E-state index is -0.425. The standard InChI is InChI=1S/C33H36O2/c34-23-24-35-33(27-31-19-11-4-12-20-31,22-21-28-13-5-1-6-14-28)32(25-29-15-7-2-8-16-29)26-30-17-9-3-10-18-30/h1-20,32,34H,21-27H2. The van der Waals surface area contributed by atoms with Gasteiger partial charge in [0.2, 0.25) is 0 Å². The van der Waals surface area contributed by atoms with Gasteiger partial charge in [-0.3, -0.25) is 0 Å². The highest BCUT2D eigenvalue weighted by Crippen LogP contribution is 2.37. The summed E-state index contributed by atoms with van der Waals surface area (Å²) in [5.74, 6) is 0.239. The maximum Gasteiger partial charge on any atom is 0.0761 e. The van der Waals surface area contributed by atoms with E-state index in [1.54, 1.807) is 0 Å². The van der Waals surface area contributed by atoms with Gasteiger partial charge < -0.3 is 9.84 Å². The number of hydrogen-bond acceptors (Lipinski definition) is 2. The van der Waals surface area contributed by atoms with Gasteiger partial charge in [0.25, 0.3) is 0 Å². The number of aliphatic hydroxyl groups is 1. The predicted octanol–water partition coefficient (Wildman–Crippen LogP) is 6.71. The van der Waals surface area contributed by atoms with Crippen molar-refractivity contribution in [3.05, 3.63) is 144 Å². The molecule has 0 spiro atoms. The Morgan fingerprint density at radius 3 is 1.46 bits per heavy atom. The number of benzene rings is 4. The van der Waals surface area contributed by atoms with Gasteiger partial charge in [-0.2, -0.15) is 0 Å². The average Bonchev–Trinajstić information content (AvgIpc) is 2.92. The van der Waals surface area contributed by atoms with Gasteiger partial charge in [-0.05, 0) is 53.9 Å². The van der Waals surface area contributed by atoms with E-state index in [0.717, 1.165) is 32.1 Å². The SMILES string of the molecule is OCCOC(CCc1ccccc1)(Cc1ccccc1)C(Cc1ccccc1)Cc1ccccc1. The molecular weight excluding hydrogens is 428 g/mol. The molecule has 0 heterocycles. The second-order valence-electron chi connectivity index (χ2n) is 9.36. The molecule has 1 unspecified atom stereocenters. The van der Waals surface area contributed by atoms with Crippen molar-refractivity contribution in [2.24, 2.45) is 5.92 Å². The summed E-state index contributed by atoms with van der Waals surface area (Å²) in [6.45, 7) is 0.354. The van der Waals surface area contributed by atoms with Crippen LogP contribution in [0, 0.1) is 5.92 Å². The molecule has 0 fully saturated rings. The molecular formula is C33H36O2. The fourth-order valence-corrected chi connectivity index (χ4v) is 5.11. The van der Waals surface area contributed by atoms with Crippen LogP contribution in [0.1, 0.15) is 28.7 Å². The largest absolute Gasteiger partial charge is 0.394 e. The molecule has 2 heteroatoms. The van der Waals surface area contributed by atoms with Gasteiger partial charge in [-0.1, -0.05) is 121 Å². The molecule has 0 bridgehead atoms. The van der Waals surface area contributed by atoms with E-state index in [2.05, 4.69) is 121 Å². The topological polar surface area (TPSA) is 29.5 Å². The van der Waals surface area contributed by atoms with Crippen LogP contribution in [-0.2, 0) is 30.4 Å². The first-order valence-corrected chi connectivity index (χ1v) is 12.7. The zero-order chi connectivity index (χ0) is 24.2. The summed E-state index contributed by atoms with van der Waals surface area (Å²) >= 11 is 0. The van der Waals surface area contributed by atoms with Crippen LogP contribution in [0.5, 0.6) is 0 Å². The first-order chi connectivity index (χ1) is 17.3. The molecule has 2 nitrogen and oxygen atoms in total. The molecule has 0 saturated carbocycles. The Kier molecular flexibility index (Phi) is 9.28. The third kappa shape index (κ3) is 7.39. The summed E-state index contributed by atoms with van der Waals surface area (Å²) in [5, 5.41) is 9.82. The normalized spacial score (nSPS) is 13.0. The maximum absolute atomic E-state index is 9.82. The third-order valence-electron chi connectivity index (χ3n) is 6.90. The highest BCUT2D eigenvalue weighted by atomic mass is 16.5. The lowest BCUT2D eigenvalue weighted by atomic mass is 9.72. The van der Waals surface area contributed by atoms with Crippen molar-refractivity contribution in [2.75, 3.05) is 13.2 Å². The van der Waals surface area contributed by atoms with Crippen molar-refractivity contribution in [2.45, 2.75) is 37.7 Å². The van der Waals surface area contributed by atoms with Crippen LogP contribution in [-0.4, -0.2) is 23.9 Å². The highest BCUT2D eigenvalue weighted by Gasteiger charge is 2.40. The first-order valence-electron chi connectivity index (χ1n) is 12.7. The molecule has 4 rings (SSSR count). The summed E-state index contributed by atoms with van der Waals surface area (Å²) in [6.07, 6.45) is 4.46. The molecule has 0 amide bonds. The molecule has 180 valence electrons. The molecule has 0 aliphatic rings. The Morgan fingerprint density at radius 1 is 0.571 bits per heavy atom. The fourth-order valence-electron chi connectivity index (χ4n) is 5.11. The lowest BCUT2D eigenvalue weighted by Gasteiger charge is -2.42. The lowest BCUT2D eigenvalue weighted by Crippen LogP contribution is -2.46. The van der Waals surface area contributed by atoms with E-state index in [1.165, 1.54) is 22.3 Å². The molecule has 4 aromatic carbocycles. The Labute approximate surface area is 210 Å². The lowest BCUT2D eigenvalue weighted by molar-refractivity contribution is -0.102. The van der Waals surface area contributed by atoms with Crippen LogP contribution in [0.25, 0.3) is 0 Å². The monoisotopic (exact) mass is 464 g/mol. The number of ether oxygens (including phenoxy) is 1. The average molecular weight is 465 g/mol. The van der Waals surface area contributed by atoms with Crippen molar-refractivity contribution in [1.29, 1.82) is 0 Å². The van der Waals surface area contributed by atoms with Gasteiger partial charge in [0, 0.05) is 6.42 Å². The fraction of sp³-hybridized carbons (Fsp3) is 0.273. The minimum Gasteiger partial charge on any atom is -0.394 e. The van der Waals surface area contributed by atoms with Gasteiger partial charge in [0.05, 0.1) is 18.8 Å². The zero-order valence-corrected chi connectivity index (χ0v) is 20.4. The molecule has 0 aliphatic heterocycles. The Bertz CT molecular complexity index is 1060. The van der Waals surface area contributed by atoms with Crippen molar-refractivity contribution in [1.82, 2.24) is 0 Å². The molecule has 1 atom stereocenters. The third-order valence-corrected chi connectivity index (χ3v) is 6.90. The van der Waals surface area contributed by atoms with E-state index in [0.29, 0.717) is 6.61 Å². The number of aliphatic hydroxyl groups excluding tert-OH is 1. The second-order valence-corrected chi connectivity index (χ2v) is 9.36. The van der Waals surface area contributed by atoms with Gasteiger partial charge >= 0.3 is 0 Å². The van der Waals surface area contributed by atoms with E-state index in [-0.39, 0.29) is 12.5 Å². The van der Waals surface area contributed by atoms with E-state index in [1.807, 2.05) is 0 Å². The molecule has 0 aromatic heterocycles. The molecule has 0 saturated heterocycles. The van der Waals surface area contributed by atoms with Crippen molar-refractivity contribution >= 4 is 0 Å². The highest BCUT2D eigenvalue weighted by molar-refractivity contribution is 5.24. The Balaban J connectivity index is 1.74. The molecule has 35 heavy (non-hydrogen) atoms. The van der Waals surface area contributed by atoms with Crippen LogP contribution in [0.4, 0.5) is 0 Å². The van der Waals surface area contributed by atoms with Crippen LogP contribution in [0.2, 0.25) is 0 Å². The van der Waals surface area contributed by atoms with Crippen molar-refractivity contribution in [3.8, 4) is 0 Å². The second kappa shape index (κ2) is 13.0. The summed E-state index contributed by atoms with van der Waals surface area (Å²) in [6, 6.07) is 42.8. The van der Waals surface area contributed by atoms with Gasteiger partial charge in [-0.25, -0.2) is 0 Å². The summed E-state index contributed by atoms with van der Waals surface area (Å²) in [7, 11) is 0.